The maximum atomic E-state index is 11.5. The van der Waals surface area contributed by atoms with E-state index in [0.717, 1.165) is 0 Å². The first-order valence-corrected chi connectivity index (χ1v) is 7.33. The summed E-state index contributed by atoms with van der Waals surface area (Å²) in [4.78, 5) is 10.5. The van der Waals surface area contributed by atoms with Crippen LogP contribution in [0.2, 0.25) is 0 Å². The number of fused-ring (bicyclic) bond motifs is 1. The average molecular weight is 295 g/mol. The van der Waals surface area contributed by atoms with Crippen LogP contribution in [0.3, 0.4) is 0 Å². The highest BCUT2D eigenvalue weighted by Crippen LogP contribution is 2.30. The van der Waals surface area contributed by atoms with Crippen LogP contribution in [0.4, 0.5) is 0 Å². The number of sulfonamides is 1. The number of carboxylic acid groups (broad SMARTS) is 1. The van der Waals surface area contributed by atoms with Crippen molar-refractivity contribution in [1.29, 1.82) is 0 Å². The Morgan fingerprint density at radius 1 is 1.15 bits per heavy atom. The van der Waals surface area contributed by atoms with Gasteiger partial charge in [0.05, 0.1) is 17.9 Å². The van der Waals surface area contributed by atoms with E-state index in [-0.39, 0.29) is 17.9 Å². The molecule has 0 saturated carbocycles. The van der Waals surface area contributed by atoms with E-state index < -0.39 is 16.0 Å². The van der Waals surface area contributed by atoms with Crippen molar-refractivity contribution in [2.45, 2.75) is 11.3 Å². The summed E-state index contributed by atoms with van der Waals surface area (Å²) in [5.41, 5.74) is 0. The van der Waals surface area contributed by atoms with Crippen molar-refractivity contribution in [3.63, 3.8) is 0 Å². The lowest BCUT2D eigenvalue weighted by Gasteiger charge is -2.11. The van der Waals surface area contributed by atoms with Gasteiger partial charge in [0.1, 0.15) is 5.75 Å². The Morgan fingerprint density at radius 2 is 1.80 bits per heavy atom. The molecule has 0 bridgehead atoms. The Bertz CT molecular complexity index is 754. The Morgan fingerprint density at radius 3 is 2.40 bits per heavy atom. The van der Waals surface area contributed by atoms with Gasteiger partial charge < -0.3 is 9.84 Å². The molecule has 0 spiro atoms. The van der Waals surface area contributed by atoms with E-state index >= 15 is 0 Å². The number of aliphatic carboxylic acids is 1. The number of carboxylic acids is 1. The van der Waals surface area contributed by atoms with E-state index in [1.54, 1.807) is 24.3 Å². The molecule has 0 aliphatic rings. The molecule has 2 aromatic carbocycles. The molecule has 0 aromatic heterocycles. The second-order valence-electron chi connectivity index (χ2n) is 4.14. The van der Waals surface area contributed by atoms with E-state index in [0.29, 0.717) is 16.5 Å². The lowest BCUT2D eigenvalue weighted by atomic mass is 10.1. The van der Waals surface area contributed by atoms with Crippen molar-refractivity contribution >= 4 is 26.8 Å². The van der Waals surface area contributed by atoms with E-state index in [1.165, 1.54) is 12.1 Å². The molecule has 7 heteroatoms. The highest BCUT2D eigenvalue weighted by atomic mass is 32.2. The van der Waals surface area contributed by atoms with Gasteiger partial charge in [0.2, 0.25) is 10.0 Å². The summed E-state index contributed by atoms with van der Waals surface area (Å²) >= 11 is 0. The Kier molecular flexibility index (Phi) is 3.91. The number of benzene rings is 2. The molecule has 3 N–H and O–H groups in total. The van der Waals surface area contributed by atoms with Crippen LogP contribution in [0.1, 0.15) is 6.42 Å². The second kappa shape index (κ2) is 5.48. The van der Waals surface area contributed by atoms with Gasteiger partial charge in [-0.1, -0.05) is 24.3 Å². The number of nitrogens with two attached hydrogens (primary N) is 1. The number of hydrogen-bond donors (Lipinski definition) is 2. The van der Waals surface area contributed by atoms with Crippen molar-refractivity contribution < 1.29 is 23.1 Å². The van der Waals surface area contributed by atoms with Crippen LogP contribution >= 0.6 is 0 Å². The van der Waals surface area contributed by atoms with Crippen LogP contribution in [-0.2, 0) is 14.8 Å². The zero-order valence-electron chi connectivity index (χ0n) is 10.4. The molecule has 20 heavy (non-hydrogen) atoms. The van der Waals surface area contributed by atoms with E-state index in [9.17, 15) is 13.2 Å². The number of primary sulfonamides is 1. The summed E-state index contributed by atoms with van der Waals surface area (Å²) in [5.74, 6) is -0.537. The highest BCUT2D eigenvalue weighted by molar-refractivity contribution is 7.89. The molecular formula is C13H13NO5S. The number of hydrogen-bond acceptors (Lipinski definition) is 4. The van der Waals surface area contributed by atoms with Crippen molar-refractivity contribution in [1.82, 2.24) is 0 Å². The van der Waals surface area contributed by atoms with Crippen molar-refractivity contribution in [3.05, 3.63) is 36.4 Å². The first-order chi connectivity index (χ1) is 9.39. The molecule has 0 amide bonds. The molecule has 0 saturated heterocycles. The van der Waals surface area contributed by atoms with Gasteiger partial charge in [-0.2, -0.15) is 0 Å². The van der Waals surface area contributed by atoms with Gasteiger partial charge in [-0.25, -0.2) is 13.6 Å². The lowest BCUT2D eigenvalue weighted by molar-refractivity contribution is -0.137. The number of rotatable bonds is 5. The SMILES string of the molecule is NS(=O)(=O)c1ccc(OCCC(=O)O)c2ccccc12. The molecule has 0 unspecified atom stereocenters. The average Bonchev–Trinajstić information content (AvgIpc) is 2.37. The number of carbonyl (C=O) groups is 1. The highest BCUT2D eigenvalue weighted by Gasteiger charge is 2.14. The minimum absolute atomic E-state index is 0.00799. The van der Waals surface area contributed by atoms with E-state index in [1.807, 2.05) is 0 Å². The fraction of sp³-hybridized carbons (Fsp3) is 0.154. The van der Waals surface area contributed by atoms with E-state index in [4.69, 9.17) is 15.0 Å². The first kappa shape index (κ1) is 14.3. The predicted octanol–water partition coefficient (Wildman–Crippen LogP) is 1.34. The third-order valence-electron chi connectivity index (χ3n) is 2.72. The van der Waals surface area contributed by atoms with Crippen LogP contribution in [0.25, 0.3) is 10.8 Å². The normalized spacial score (nSPS) is 11.4. The summed E-state index contributed by atoms with van der Waals surface area (Å²) in [7, 11) is -3.83. The standard InChI is InChI=1S/C13H13NO5S/c14-20(17,18)12-6-5-11(19-8-7-13(15)16)9-3-1-2-4-10(9)12/h1-6H,7-8H2,(H,15,16)(H2,14,17,18). The Balaban J connectivity index is 2.46. The first-order valence-electron chi connectivity index (χ1n) is 5.79. The van der Waals surface area contributed by atoms with Crippen LogP contribution < -0.4 is 9.88 Å². The number of ether oxygens (including phenoxy) is 1. The van der Waals surface area contributed by atoms with Crippen LogP contribution in [0, 0.1) is 0 Å². The van der Waals surface area contributed by atoms with Gasteiger partial charge >= 0.3 is 5.97 Å². The third kappa shape index (κ3) is 3.06. The maximum absolute atomic E-state index is 11.5. The molecule has 6 nitrogen and oxygen atoms in total. The molecule has 106 valence electrons. The topological polar surface area (TPSA) is 107 Å². The third-order valence-corrected chi connectivity index (χ3v) is 3.69. The van der Waals surface area contributed by atoms with Gasteiger partial charge in [-0.3, -0.25) is 4.79 Å². The second-order valence-corrected chi connectivity index (χ2v) is 5.67. The van der Waals surface area contributed by atoms with Crippen molar-refractivity contribution in [2.24, 2.45) is 5.14 Å². The maximum Gasteiger partial charge on any atom is 0.306 e. The molecule has 0 aliphatic carbocycles. The Labute approximate surface area is 115 Å². The fourth-order valence-corrected chi connectivity index (χ4v) is 2.61. The van der Waals surface area contributed by atoms with Gasteiger partial charge in [0, 0.05) is 10.8 Å². The van der Waals surface area contributed by atoms with Gasteiger partial charge in [-0.15, -0.1) is 0 Å². The van der Waals surface area contributed by atoms with Crippen molar-refractivity contribution in [2.75, 3.05) is 6.61 Å². The molecular weight excluding hydrogens is 282 g/mol. The molecule has 0 heterocycles. The Hall–Kier alpha value is -2.12. The monoisotopic (exact) mass is 295 g/mol. The summed E-state index contributed by atoms with van der Waals surface area (Å²) in [6.07, 6.45) is -0.134. The molecule has 0 aliphatic heterocycles. The quantitative estimate of drug-likeness (QED) is 0.865. The predicted molar refractivity (Wildman–Crippen MR) is 73.1 cm³/mol. The summed E-state index contributed by atoms with van der Waals surface area (Å²) in [5, 5.41) is 14.8. The van der Waals surface area contributed by atoms with Crippen LogP contribution in [0.15, 0.2) is 41.3 Å². The molecule has 2 rings (SSSR count). The molecule has 0 atom stereocenters. The molecule has 0 fully saturated rings. The fourth-order valence-electron chi connectivity index (χ4n) is 1.87. The largest absolute Gasteiger partial charge is 0.492 e. The summed E-state index contributed by atoms with van der Waals surface area (Å²) in [6, 6.07) is 9.58. The smallest absolute Gasteiger partial charge is 0.306 e. The lowest BCUT2D eigenvalue weighted by Crippen LogP contribution is -2.13. The molecule has 2 aromatic rings. The minimum atomic E-state index is -3.83. The van der Waals surface area contributed by atoms with E-state index in [2.05, 4.69) is 0 Å². The minimum Gasteiger partial charge on any atom is -0.492 e. The van der Waals surface area contributed by atoms with Crippen LogP contribution in [-0.4, -0.2) is 26.1 Å². The summed E-state index contributed by atoms with van der Waals surface area (Å²) < 4.78 is 28.4. The van der Waals surface area contributed by atoms with Crippen LogP contribution in [0.5, 0.6) is 5.75 Å². The van der Waals surface area contributed by atoms with Gasteiger partial charge in [-0.05, 0) is 12.1 Å². The zero-order valence-corrected chi connectivity index (χ0v) is 11.3. The van der Waals surface area contributed by atoms with Gasteiger partial charge in [0.25, 0.3) is 0 Å². The van der Waals surface area contributed by atoms with Crippen molar-refractivity contribution in [3.8, 4) is 5.75 Å². The summed E-state index contributed by atoms with van der Waals surface area (Å²) in [6.45, 7) is 0.00799. The van der Waals surface area contributed by atoms with Gasteiger partial charge in [0.15, 0.2) is 0 Å². The zero-order chi connectivity index (χ0) is 14.8. The molecule has 0 radical (unpaired) electrons.